The molecule has 2 N–H and O–H groups in total. The van der Waals surface area contributed by atoms with Crippen LogP contribution in [0.25, 0.3) is 11.3 Å². The van der Waals surface area contributed by atoms with Crippen LogP contribution in [0, 0.1) is 5.92 Å². The van der Waals surface area contributed by atoms with Crippen LogP contribution in [0.2, 0.25) is 5.02 Å². The molecule has 0 radical (unpaired) electrons. The van der Waals surface area contributed by atoms with Gasteiger partial charge in [-0.15, -0.1) is 12.4 Å². The van der Waals surface area contributed by atoms with Crippen molar-refractivity contribution in [1.29, 1.82) is 0 Å². The predicted molar refractivity (Wildman–Crippen MR) is 92.1 cm³/mol. The third-order valence-electron chi connectivity index (χ3n) is 3.87. The van der Waals surface area contributed by atoms with Crippen LogP contribution < -0.4 is 10.6 Å². The van der Waals surface area contributed by atoms with Gasteiger partial charge in [-0.1, -0.05) is 16.8 Å². The lowest BCUT2D eigenvalue weighted by molar-refractivity contribution is 0.0942. The second kappa shape index (κ2) is 8.34. The van der Waals surface area contributed by atoms with Crippen LogP contribution in [-0.4, -0.2) is 30.7 Å². The molecule has 0 spiro atoms. The van der Waals surface area contributed by atoms with Crippen molar-refractivity contribution in [2.24, 2.45) is 5.92 Å². The molecule has 1 aliphatic heterocycles. The molecule has 0 bridgehead atoms. The second-order valence-electron chi connectivity index (χ2n) is 5.49. The van der Waals surface area contributed by atoms with E-state index in [2.05, 4.69) is 15.8 Å². The predicted octanol–water partition coefficient (Wildman–Crippen LogP) is 3.15. The van der Waals surface area contributed by atoms with Gasteiger partial charge in [0, 0.05) is 23.2 Å². The number of amides is 1. The number of nitrogens with one attached hydrogen (secondary N) is 2. The molecule has 1 aromatic carbocycles. The average molecular weight is 356 g/mol. The van der Waals surface area contributed by atoms with Crippen LogP contribution in [-0.2, 0) is 0 Å². The molecule has 1 saturated heterocycles. The Labute approximate surface area is 146 Å². The summed E-state index contributed by atoms with van der Waals surface area (Å²) >= 11 is 5.85. The molecule has 2 aromatic rings. The zero-order chi connectivity index (χ0) is 15.4. The second-order valence-corrected chi connectivity index (χ2v) is 5.92. The molecule has 1 aliphatic rings. The van der Waals surface area contributed by atoms with Crippen molar-refractivity contribution in [2.75, 3.05) is 19.6 Å². The topological polar surface area (TPSA) is 67.2 Å². The minimum atomic E-state index is -0.199. The first-order valence-corrected chi connectivity index (χ1v) is 7.82. The van der Waals surface area contributed by atoms with Gasteiger partial charge in [0.2, 0.25) is 0 Å². The maximum Gasteiger partial charge on any atom is 0.273 e. The highest BCUT2D eigenvalue weighted by Crippen LogP contribution is 2.22. The Morgan fingerprint density at radius 3 is 2.87 bits per heavy atom. The normalized spacial score (nSPS) is 16.8. The largest absolute Gasteiger partial charge is 0.355 e. The van der Waals surface area contributed by atoms with E-state index in [9.17, 15) is 4.79 Å². The quantitative estimate of drug-likeness (QED) is 0.864. The first-order valence-electron chi connectivity index (χ1n) is 7.44. The molecule has 124 valence electrons. The Kier molecular flexibility index (Phi) is 6.45. The zero-order valence-electron chi connectivity index (χ0n) is 12.5. The van der Waals surface area contributed by atoms with E-state index in [-0.39, 0.29) is 18.3 Å². The number of halogens is 2. The number of benzene rings is 1. The first-order chi connectivity index (χ1) is 10.7. The SMILES string of the molecule is Cl.O=C(NCCC1CCNC1)c1cc(-c2ccc(Cl)cc2)on1. The van der Waals surface area contributed by atoms with E-state index in [1.165, 1.54) is 6.42 Å². The third kappa shape index (κ3) is 4.70. The Hall–Kier alpha value is -1.56. The fourth-order valence-electron chi connectivity index (χ4n) is 2.57. The van der Waals surface area contributed by atoms with Crippen molar-refractivity contribution in [1.82, 2.24) is 15.8 Å². The standard InChI is InChI=1S/C16H18ClN3O2.ClH/c17-13-3-1-12(2-4-13)15-9-14(20-22-15)16(21)19-8-6-11-5-7-18-10-11;/h1-4,9,11,18H,5-8,10H2,(H,19,21);1H. The molecule has 5 nitrogen and oxygen atoms in total. The van der Waals surface area contributed by atoms with E-state index in [0.717, 1.165) is 25.1 Å². The number of carbonyl (C=O) groups excluding carboxylic acids is 1. The molecule has 1 amide bonds. The molecule has 2 heterocycles. The monoisotopic (exact) mass is 355 g/mol. The molecule has 0 saturated carbocycles. The van der Waals surface area contributed by atoms with Crippen LogP contribution in [0.5, 0.6) is 0 Å². The lowest BCUT2D eigenvalue weighted by Gasteiger charge is -2.07. The van der Waals surface area contributed by atoms with Crippen LogP contribution in [0.4, 0.5) is 0 Å². The van der Waals surface area contributed by atoms with Gasteiger partial charge in [0.25, 0.3) is 5.91 Å². The van der Waals surface area contributed by atoms with E-state index in [4.69, 9.17) is 16.1 Å². The number of nitrogens with zero attached hydrogens (tertiary/aromatic N) is 1. The van der Waals surface area contributed by atoms with Crippen molar-refractivity contribution in [2.45, 2.75) is 12.8 Å². The Morgan fingerprint density at radius 2 is 2.17 bits per heavy atom. The molecule has 1 aromatic heterocycles. The van der Waals surface area contributed by atoms with Crippen molar-refractivity contribution in [3.05, 3.63) is 41.0 Å². The minimum Gasteiger partial charge on any atom is -0.355 e. The first kappa shape index (κ1) is 17.8. The summed E-state index contributed by atoms with van der Waals surface area (Å²) < 4.78 is 5.23. The highest BCUT2D eigenvalue weighted by atomic mass is 35.5. The minimum absolute atomic E-state index is 0. The fourth-order valence-corrected chi connectivity index (χ4v) is 2.70. The lowest BCUT2D eigenvalue weighted by Crippen LogP contribution is -2.26. The van der Waals surface area contributed by atoms with E-state index in [1.54, 1.807) is 18.2 Å². The van der Waals surface area contributed by atoms with Crippen LogP contribution in [0.1, 0.15) is 23.3 Å². The van der Waals surface area contributed by atoms with Gasteiger partial charge in [-0.3, -0.25) is 4.79 Å². The number of hydrogen-bond acceptors (Lipinski definition) is 4. The third-order valence-corrected chi connectivity index (χ3v) is 4.12. The van der Waals surface area contributed by atoms with Gasteiger partial charge in [0.1, 0.15) is 0 Å². The molecular formula is C16H19Cl2N3O2. The number of aromatic nitrogens is 1. The molecular weight excluding hydrogens is 337 g/mol. The van der Waals surface area contributed by atoms with Crippen molar-refractivity contribution >= 4 is 29.9 Å². The molecule has 0 aliphatic carbocycles. The maximum atomic E-state index is 12.0. The van der Waals surface area contributed by atoms with Crippen LogP contribution >= 0.6 is 24.0 Å². The highest BCUT2D eigenvalue weighted by molar-refractivity contribution is 6.30. The Balaban J connectivity index is 0.00000192. The summed E-state index contributed by atoms with van der Waals surface area (Å²) in [5, 5.41) is 10.7. The van der Waals surface area contributed by atoms with E-state index < -0.39 is 0 Å². The van der Waals surface area contributed by atoms with Gasteiger partial charge in [-0.25, -0.2) is 0 Å². The Bertz CT molecular complexity index is 637. The zero-order valence-corrected chi connectivity index (χ0v) is 14.1. The molecule has 3 rings (SSSR count). The van der Waals surface area contributed by atoms with Gasteiger partial charge < -0.3 is 15.2 Å². The van der Waals surface area contributed by atoms with Crippen molar-refractivity contribution in [3.63, 3.8) is 0 Å². The summed E-state index contributed by atoms with van der Waals surface area (Å²) in [5.74, 6) is 1.01. The number of carbonyl (C=O) groups is 1. The molecule has 23 heavy (non-hydrogen) atoms. The van der Waals surface area contributed by atoms with Gasteiger partial charge >= 0.3 is 0 Å². The van der Waals surface area contributed by atoms with Crippen LogP contribution in [0.15, 0.2) is 34.9 Å². The summed E-state index contributed by atoms with van der Waals surface area (Å²) in [4.78, 5) is 12.0. The van der Waals surface area contributed by atoms with E-state index in [0.29, 0.717) is 28.9 Å². The summed E-state index contributed by atoms with van der Waals surface area (Å²) in [7, 11) is 0. The number of rotatable bonds is 5. The summed E-state index contributed by atoms with van der Waals surface area (Å²) in [6, 6.07) is 8.86. The van der Waals surface area contributed by atoms with Gasteiger partial charge in [-0.2, -0.15) is 0 Å². The highest BCUT2D eigenvalue weighted by Gasteiger charge is 2.16. The van der Waals surface area contributed by atoms with Gasteiger partial charge in [0.15, 0.2) is 11.5 Å². The maximum absolute atomic E-state index is 12.0. The molecule has 1 unspecified atom stereocenters. The average Bonchev–Trinajstić information content (AvgIpc) is 3.19. The fraction of sp³-hybridized carbons (Fsp3) is 0.375. The summed E-state index contributed by atoms with van der Waals surface area (Å²) in [5.41, 5.74) is 1.14. The van der Waals surface area contributed by atoms with Crippen molar-refractivity contribution in [3.8, 4) is 11.3 Å². The van der Waals surface area contributed by atoms with E-state index in [1.807, 2.05) is 12.1 Å². The number of hydrogen-bond donors (Lipinski definition) is 2. The summed E-state index contributed by atoms with van der Waals surface area (Å²) in [6.07, 6.45) is 2.17. The lowest BCUT2D eigenvalue weighted by atomic mass is 10.1. The molecule has 1 atom stereocenters. The van der Waals surface area contributed by atoms with Crippen molar-refractivity contribution < 1.29 is 9.32 Å². The molecule has 7 heteroatoms. The molecule has 1 fully saturated rings. The van der Waals surface area contributed by atoms with Crippen LogP contribution in [0.3, 0.4) is 0 Å². The van der Waals surface area contributed by atoms with Gasteiger partial charge in [-0.05, 0) is 56.1 Å². The van der Waals surface area contributed by atoms with E-state index >= 15 is 0 Å². The smallest absolute Gasteiger partial charge is 0.273 e. The Morgan fingerprint density at radius 1 is 1.39 bits per heavy atom. The van der Waals surface area contributed by atoms with Gasteiger partial charge in [0.05, 0.1) is 0 Å². The summed E-state index contributed by atoms with van der Waals surface area (Å²) in [6.45, 7) is 2.78.